The molecule has 0 saturated carbocycles. The van der Waals surface area contributed by atoms with Crippen molar-refractivity contribution in [3.05, 3.63) is 29.3 Å². The molecule has 0 aliphatic carbocycles. The summed E-state index contributed by atoms with van der Waals surface area (Å²) in [6, 6.07) is 5.30. The molecule has 1 aliphatic heterocycles. The van der Waals surface area contributed by atoms with Gasteiger partial charge in [0.05, 0.1) is 0 Å². The fourth-order valence-corrected chi connectivity index (χ4v) is 1.35. The third-order valence-electron chi connectivity index (χ3n) is 2.12. The van der Waals surface area contributed by atoms with Gasteiger partial charge in [0.2, 0.25) is 0 Å². The minimum Gasteiger partial charge on any atom is -0.423 e. The molecule has 0 amide bonds. The summed E-state index contributed by atoms with van der Waals surface area (Å²) in [7, 11) is 0. The third-order valence-corrected chi connectivity index (χ3v) is 2.12. The normalized spacial score (nSPS) is 18.2. The molecule has 0 saturated heterocycles. The van der Waals surface area contributed by atoms with Crippen LogP contribution in [0.3, 0.4) is 0 Å². The fourth-order valence-electron chi connectivity index (χ4n) is 1.35. The summed E-state index contributed by atoms with van der Waals surface area (Å²) in [5, 5.41) is 0. The molecule has 0 spiro atoms. The highest BCUT2D eigenvalue weighted by atomic mass is 16.5. The second-order valence-corrected chi connectivity index (χ2v) is 3.26. The first-order chi connectivity index (χ1) is 6.01. The number of hydrogen-bond donors (Lipinski definition) is 2. The number of aryl methyl sites for hydroxylation is 1. The quantitative estimate of drug-likeness (QED) is 0.332. The molecular weight excluding hydrogens is 168 g/mol. The zero-order chi connectivity index (χ0) is 9.64. The summed E-state index contributed by atoms with van der Waals surface area (Å²) in [5.74, 6) is -0.145. The molecule has 2 rings (SSSR count). The number of carbonyl (C=O) groups is 1. The first-order valence-electron chi connectivity index (χ1n) is 3.93. The highest BCUT2D eigenvalue weighted by Crippen LogP contribution is 2.33. The molecule has 0 aromatic heterocycles. The van der Waals surface area contributed by atoms with Gasteiger partial charge < -0.3 is 16.2 Å². The van der Waals surface area contributed by atoms with Gasteiger partial charge in [-0.2, -0.15) is 0 Å². The molecule has 1 aliphatic rings. The smallest absolute Gasteiger partial charge is 0.351 e. The van der Waals surface area contributed by atoms with Gasteiger partial charge in [-0.3, -0.25) is 0 Å². The van der Waals surface area contributed by atoms with Crippen LogP contribution in [0, 0.1) is 6.92 Å². The van der Waals surface area contributed by atoms with Crippen molar-refractivity contribution < 1.29 is 9.53 Å². The lowest BCUT2D eigenvalue weighted by atomic mass is 10.0. The van der Waals surface area contributed by atoms with Crippen LogP contribution < -0.4 is 16.2 Å². The van der Waals surface area contributed by atoms with Crippen molar-refractivity contribution in [3.63, 3.8) is 0 Å². The van der Waals surface area contributed by atoms with Crippen LogP contribution in [-0.2, 0) is 10.5 Å². The molecule has 4 nitrogen and oxygen atoms in total. The Hall–Kier alpha value is -1.39. The average molecular weight is 178 g/mol. The molecular formula is C9H10N2O2. The van der Waals surface area contributed by atoms with E-state index in [1.54, 1.807) is 12.1 Å². The van der Waals surface area contributed by atoms with E-state index in [1.807, 2.05) is 13.0 Å². The Morgan fingerprint density at radius 2 is 2.08 bits per heavy atom. The van der Waals surface area contributed by atoms with Crippen molar-refractivity contribution >= 4 is 5.97 Å². The molecule has 0 bridgehead atoms. The highest BCUT2D eigenvalue weighted by Gasteiger charge is 2.42. The number of fused-ring (bicyclic) bond motifs is 1. The molecule has 13 heavy (non-hydrogen) atoms. The van der Waals surface area contributed by atoms with Crippen LogP contribution in [0.25, 0.3) is 0 Å². The van der Waals surface area contributed by atoms with Gasteiger partial charge in [0.1, 0.15) is 5.75 Å². The summed E-state index contributed by atoms with van der Waals surface area (Å²) in [5.41, 5.74) is 11.3. The van der Waals surface area contributed by atoms with Crippen molar-refractivity contribution in [1.82, 2.24) is 0 Å². The lowest BCUT2D eigenvalue weighted by Gasteiger charge is -2.12. The van der Waals surface area contributed by atoms with Crippen molar-refractivity contribution in [1.29, 1.82) is 0 Å². The third kappa shape index (κ3) is 1.03. The monoisotopic (exact) mass is 178 g/mol. The Balaban J connectivity index is 2.64. The number of esters is 1. The molecule has 68 valence electrons. The Labute approximate surface area is 75.5 Å². The van der Waals surface area contributed by atoms with E-state index in [-0.39, 0.29) is 0 Å². The Morgan fingerprint density at radius 1 is 1.38 bits per heavy atom. The maximum absolute atomic E-state index is 11.2. The second kappa shape index (κ2) is 2.31. The number of rotatable bonds is 0. The van der Waals surface area contributed by atoms with E-state index in [9.17, 15) is 4.79 Å². The summed E-state index contributed by atoms with van der Waals surface area (Å²) in [6.07, 6.45) is 0. The van der Waals surface area contributed by atoms with Gasteiger partial charge in [0.15, 0.2) is 5.66 Å². The van der Waals surface area contributed by atoms with Crippen LogP contribution in [0.4, 0.5) is 0 Å². The van der Waals surface area contributed by atoms with E-state index in [1.165, 1.54) is 0 Å². The Bertz CT molecular complexity index is 385. The summed E-state index contributed by atoms with van der Waals surface area (Å²) in [6.45, 7) is 1.90. The highest BCUT2D eigenvalue weighted by molar-refractivity contribution is 5.89. The maximum atomic E-state index is 11.2. The van der Waals surface area contributed by atoms with Crippen LogP contribution in [-0.4, -0.2) is 5.97 Å². The second-order valence-electron chi connectivity index (χ2n) is 3.26. The van der Waals surface area contributed by atoms with Crippen molar-refractivity contribution in [3.8, 4) is 5.75 Å². The van der Waals surface area contributed by atoms with Crippen LogP contribution in [0.2, 0.25) is 0 Å². The van der Waals surface area contributed by atoms with Gasteiger partial charge in [0.25, 0.3) is 0 Å². The number of nitrogens with two attached hydrogens (primary N) is 2. The molecule has 1 aromatic carbocycles. The summed E-state index contributed by atoms with van der Waals surface area (Å²) < 4.78 is 4.89. The molecule has 1 heterocycles. The number of benzene rings is 1. The lowest BCUT2D eigenvalue weighted by Crippen LogP contribution is -2.51. The van der Waals surface area contributed by atoms with E-state index in [0.717, 1.165) is 5.56 Å². The molecule has 0 atom stereocenters. The summed E-state index contributed by atoms with van der Waals surface area (Å²) in [4.78, 5) is 11.2. The van der Waals surface area contributed by atoms with E-state index in [0.29, 0.717) is 11.3 Å². The first kappa shape index (κ1) is 8.22. The van der Waals surface area contributed by atoms with Crippen molar-refractivity contribution in [2.45, 2.75) is 12.6 Å². The molecule has 0 fully saturated rings. The van der Waals surface area contributed by atoms with Gasteiger partial charge >= 0.3 is 5.97 Å². The largest absolute Gasteiger partial charge is 0.423 e. The molecule has 0 radical (unpaired) electrons. The number of hydrogen-bond acceptors (Lipinski definition) is 4. The minimum absolute atomic E-state index is 0.459. The van der Waals surface area contributed by atoms with Gasteiger partial charge in [0, 0.05) is 5.56 Å². The zero-order valence-electron chi connectivity index (χ0n) is 7.20. The lowest BCUT2D eigenvalue weighted by molar-refractivity contribution is -0.138. The van der Waals surface area contributed by atoms with Gasteiger partial charge in [-0.15, -0.1) is 0 Å². The Morgan fingerprint density at radius 3 is 2.77 bits per heavy atom. The van der Waals surface area contributed by atoms with Crippen molar-refractivity contribution in [2.24, 2.45) is 11.5 Å². The molecule has 4 heteroatoms. The number of ether oxygens (including phenoxy) is 1. The van der Waals surface area contributed by atoms with Gasteiger partial charge in [-0.05, 0) is 19.1 Å². The van der Waals surface area contributed by atoms with Crippen LogP contribution >= 0.6 is 0 Å². The van der Waals surface area contributed by atoms with Crippen molar-refractivity contribution in [2.75, 3.05) is 0 Å². The van der Waals surface area contributed by atoms with Gasteiger partial charge in [-0.25, -0.2) is 4.79 Å². The molecule has 1 aromatic rings. The SMILES string of the molecule is Cc1ccc2c(c1)C(N)(N)C(=O)O2. The van der Waals surface area contributed by atoms with Crippen LogP contribution in [0.15, 0.2) is 18.2 Å². The van der Waals surface area contributed by atoms with E-state index in [2.05, 4.69) is 0 Å². The maximum Gasteiger partial charge on any atom is 0.351 e. The zero-order valence-corrected chi connectivity index (χ0v) is 7.20. The standard InChI is InChI=1S/C9H10N2O2/c1-5-2-3-7-6(4-5)9(10,11)8(12)13-7/h2-4H,10-11H2,1H3. The minimum atomic E-state index is -1.48. The van der Waals surface area contributed by atoms with Gasteiger partial charge in [-0.1, -0.05) is 11.6 Å². The average Bonchev–Trinajstić information content (AvgIpc) is 2.27. The van der Waals surface area contributed by atoms with Crippen LogP contribution in [0.1, 0.15) is 11.1 Å². The molecule has 4 N–H and O–H groups in total. The first-order valence-corrected chi connectivity index (χ1v) is 3.93. The Kier molecular flexibility index (Phi) is 1.46. The molecule has 0 unspecified atom stereocenters. The number of carbonyl (C=O) groups excluding carboxylic acids is 1. The topological polar surface area (TPSA) is 78.3 Å². The predicted molar refractivity (Wildman–Crippen MR) is 46.9 cm³/mol. The van der Waals surface area contributed by atoms with E-state index >= 15 is 0 Å². The van der Waals surface area contributed by atoms with E-state index < -0.39 is 11.6 Å². The predicted octanol–water partition coefficient (Wildman–Crippen LogP) is -0.0158. The van der Waals surface area contributed by atoms with E-state index in [4.69, 9.17) is 16.2 Å². The van der Waals surface area contributed by atoms with Crippen LogP contribution in [0.5, 0.6) is 5.75 Å². The summed E-state index contributed by atoms with van der Waals surface area (Å²) >= 11 is 0. The fraction of sp³-hybridized carbons (Fsp3) is 0.222.